The van der Waals surface area contributed by atoms with Crippen LogP contribution in [0.4, 0.5) is 9.18 Å². The van der Waals surface area contributed by atoms with E-state index in [0.29, 0.717) is 30.9 Å². The minimum atomic E-state index is -0.626. The van der Waals surface area contributed by atoms with Gasteiger partial charge >= 0.3 is 6.09 Å². The molecule has 9 nitrogen and oxygen atoms in total. The number of nitrogens with one attached hydrogen (secondary N) is 1. The molecular weight excluding hydrogens is 477 g/mol. The van der Waals surface area contributed by atoms with E-state index in [9.17, 15) is 14.0 Å². The van der Waals surface area contributed by atoms with E-state index in [1.54, 1.807) is 74.2 Å². The summed E-state index contributed by atoms with van der Waals surface area (Å²) in [4.78, 5) is 27.1. The smallest absolute Gasteiger partial charge is 0.408 e. The third-order valence-electron chi connectivity index (χ3n) is 5.97. The van der Waals surface area contributed by atoms with Crippen LogP contribution in [0.1, 0.15) is 49.0 Å². The fourth-order valence-corrected chi connectivity index (χ4v) is 4.20. The Morgan fingerprint density at radius 1 is 1.14 bits per heavy atom. The van der Waals surface area contributed by atoms with Gasteiger partial charge in [0.2, 0.25) is 0 Å². The summed E-state index contributed by atoms with van der Waals surface area (Å²) in [5.74, 6) is 0.456. The minimum absolute atomic E-state index is 0.0492. The van der Waals surface area contributed by atoms with Crippen molar-refractivity contribution in [3.63, 3.8) is 0 Å². The average molecular weight is 510 g/mol. The predicted octanol–water partition coefficient (Wildman–Crippen LogP) is 4.02. The number of likely N-dealkylation sites (tertiary alicyclic amines) is 1. The molecule has 1 N–H and O–H groups in total. The second kappa shape index (κ2) is 11.4. The monoisotopic (exact) mass is 509 g/mol. The molecule has 0 bridgehead atoms. The molecular formula is C27H32FN5O4. The standard InChI is InChI=1S/C27H32FN5O4/c1-27(2,3)37-26(35)30-23(17-33-15-13-29-31-33)18-36-24-10-6-20(7-11-24)25(34)32-14-12-21(16-32)19-4-8-22(28)9-5-19/h4-11,13,15,21,23H,12,14,16-18H2,1-3H3,(H,30,35)/t21-,23?/m0/s1. The SMILES string of the molecule is CC(C)(C)OC(=O)NC(COc1ccc(C(=O)N2CC[C@H](c3ccc(F)cc3)C2)cc1)Cn1ccnn1. The molecule has 2 aromatic carbocycles. The Balaban J connectivity index is 1.33. The highest BCUT2D eigenvalue weighted by Gasteiger charge is 2.28. The summed E-state index contributed by atoms with van der Waals surface area (Å²) in [6.07, 6.45) is 3.55. The number of amides is 2. The van der Waals surface area contributed by atoms with Crippen molar-refractivity contribution >= 4 is 12.0 Å². The summed E-state index contributed by atoms with van der Waals surface area (Å²) in [6, 6.07) is 13.0. The number of rotatable bonds is 8. The molecule has 37 heavy (non-hydrogen) atoms. The van der Waals surface area contributed by atoms with Crippen molar-refractivity contribution in [2.24, 2.45) is 0 Å². The molecule has 4 rings (SSSR count). The highest BCUT2D eigenvalue weighted by Crippen LogP contribution is 2.28. The Labute approximate surface area is 215 Å². The lowest BCUT2D eigenvalue weighted by atomic mass is 9.99. The second-order valence-corrected chi connectivity index (χ2v) is 10.1. The third kappa shape index (κ3) is 7.52. The van der Waals surface area contributed by atoms with Gasteiger partial charge in [0.15, 0.2) is 0 Å². The molecule has 0 spiro atoms. The van der Waals surface area contributed by atoms with E-state index in [-0.39, 0.29) is 24.2 Å². The Bertz CT molecular complexity index is 1180. The minimum Gasteiger partial charge on any atom is -0.491 e. The van der Waals surface area contributed by atoms with E-state index >= 15 is 0 Å². The highest BCUT2D eigenvalue weighted by molar-refractivity contribution is 5.94. The fraction of sp³-hybridized carbons (Fsp3) is 0.407. The summed E-state index contributed by atoms with van der Waals surface area (Å²) in [5.41, 5.74) is 0.985. The largest absolute Gasteiger partial charge is 0.491 e. The molecule has 1 saturated heterocycles. The number of nitrogens with zero attached hydrogens (tertiary/aromatic N) is 4. The van der Waals surface area contributed by atoms with Crippen LogP contribution in [-0.4, -0.2) is 63.2 Å². The van der Waals surface area contributed by atoms with Gasteiger partial charge < -0.3 is 19.7 Å². The number of alkyl carbamates (subject to hydrolysis) is 1. The van der Waals surface area contributed by atoms with Crippen molar-refractivity contribution in [1.29, 1.82) is 0 Å². The van der Waals surface area contributed by atoms with Gasteiger partial charge in [0.25, 0.3) is 5.91 Å². The van der Waals surface area contributed by atoms with Crippen molar-refractivity contribution in [2.45, 2.75) is 51.3 Å². The van der Waals surface area contributed by atoms with Gasteiger partial charge in [-0.2, -0.15) is 0 Å². The van der Waals surface area contributed by atoms with Gasteiger partial charge in [-0.05, 0) is 69.2 Å². The fourth-order valence-electron chi connectivity index (χ4n) is 4.20. The Morgan fingerprint density at radius 3 is 2.51 bits per heavy atom. The van der Waals surface area contributed by atoms with Crippen LogP contribution in [0.25, 0.3) is 0 Å². The molecule has 2 heterocycles. The lowest BCUT2D eigenvalue weighted by molar-refractivity contribution is 0.0479. The molecule has 1 fully saturated rings. The van der Waals surface area contributed by atoms with Crippen LogP contribution < -0.4 is 10.1 Å². The lowest BCUT2D eigenvalue weighted by Crippen LogP contribution is -2.44. The van der Waals surface area contributed by atoms with E-state index in [1.165, 1.54) is 12.1 Å². The molecule has 2 amide bonds. The van der Waals surface area contributed by atoms with Crippen LogP contribution in [0.15, 0.2) is 60.9 Å². The molecule has 0 radical (unpaired) electrons. The first-order valence-electron chi connectivity index (χ1n) is 12.3. The summed E-state index contributed by atoms with van der Waals surface area (Å²) >= 11 is 0. The maximum atomic E-state index is 13.2. The van der Waals surface area contributed by atoms with Crippen LogP contribution in [-0.2, 0) is 11.3 Å². The number of carbonyl (C=O) groups is 2. The van der Waals surface area contributed by atoms with Gasteiger partial charge in [0.05, 0.1) is 18.8 Å². The van der Waals surface area contributed by atoms with E-state index in [4.69, 9.17) is 9.47 Å². The summed E-state index contributed by atoms with van der Waals surface area (Å²) in [5, 5.41) is 10.6. The number of aromatic nitrogens is 3. The number of halogens is 1. The van der Waals surface area contributed by atoms with Crippen molar-refractivity contribution in [3.05, 3.63) is 77.9 Å². The first-order valence-corrected chi connectivity index (χ1v) is 12.3. The summed E-state index contributed by atoms with van der Waals surface area (Å²) in [6.45, 7) is 7.15. The zero-order chi connectivity index (χ0) is 26.4. The van der Waals surface area contributed by atoms with Crippen LogP contribution >= 0.6 is 0 Å². The molecule has 0 saturated carbocycles. The number of hydrogen-bond acceptors (Lipinski definition) is 6. The Morgan fingerprint density at radius 2 is 1.86 bits per heavy atom. The van der Waals surface area contributed by atoms with Gasteiger partial charge in [0, 0.05) is 30.8 Å². The number of benzene rings is 2. The molecule has 1 aromatic heterocycles. The van der Waals surface area contributed by atoms with Crippen LogP contribution in [0, 0.1) is 5.82 Å². The van der Waals surface area contributed by atoms with Gasteiger partial charge in [-0.3, -0.25) is 9.48 Å². The number of ether oxygens (including phenoxy) is 2. The van der Waals surface area contributed by atoms with Crippen LogP contribution in [0.2, 0.25) is 0 Å². The number of carbonyl (C=O) groups excluding carboxylic acids is 2. The lowest BCUT2D eigenvalue weighted by Gasteiger charge is -2.23. The van der Waals surface area contributed by atoms with Crippen LogP contribution in [0.3, 0.4) is 0 Å². The quantitative estimate of drug-likeness (QED) is 0.493. The molecule has 1 aliphatic rings. The van der Waals surface area contributed by atoms with Crippen molar-refractivity contribution in [2.75, 3.05) is 19.7 Å². The summed E-state index contributed by atoms with van der Waals surface area (Å²) in [7, 11) is 0. The van der Waals surface area contributed by atoms with Gasteiger partial charge in [-0.15, -0.1) is 5.10 Å². The van der Waals surface area contributed by atoms with Crippen molar-refractivity contribution < 1.29 is 23.5 Å². The molecule has 2 atom stereocenters. The second-order valence-electron chi connectivity index (χ2n) is 10.1. The van der Waals surface area contributed by atoms with E-state index in [1.807, 2.05) is 4.90 Å². The van der Waals surface area contributed by atoms with Crippen molar-refractivity contribution in [1.82, 2.24) is 25.2 Å². The van der Waals surface area contributed by atoms with E-state index in [0.717, 1.165) is 12.0 Å². The Kier molecular flexibility index (Phi) is 8.05. The third-order valence-corrected chi connectivity index (χ3v) is 5.97. The molecule has 3 aromatic rings. The van der Waals surface area contributed by atoms with Gasteiger partial charge in [0.1, 0.15) is 23.8 Å². The topological polar surface area (TPSA) is 98.6 Å². The maximum absolute atomic E-state index is 13.2. The van der Waals surface area contributed by atoms with Gasteiger partial charge in [-0.1, -0.05) is 17.3 Å². The Hall–Kier alpha value is -3.95. The molecule has 196 valence electrons. The molecule has 1 aliphatic heterocycles. The van der Waals surface area contributed by atoms with E-state index in [2.05, 4.69) is 15.6 Å². The van der Waals surface area contributed by atoms with Crippen molar-refractivity contribution in [3.8, 4) is 5.75 Å². The molecule has 0 aliphatic carbocycles. The average Bonchev–Trinajstić information content (AvgIpc) is 3.54. The first kappa shape index (κ1) is 26.1. The molecule has 1 unspecified atom stereocenters. The number of hydrogen-bond donors (Lipinski definition) is 1. The highest BCUT2D eigenvalue weighted by atomic mass is 19.1. The van der Waals surface area contributed by atoms with Crippen LogP contribution in [0.5, 0.6) is 5.75 Å². The summed E-state index contributed by atoms with van der Waals surface area (Å²) < 4.78 is 26.1. The molecule has 10 heteroatoms. The predicted molar refractivity (Wildman–Crippen MR) is 135 cm³/mol. The first-order chi connectivity index (χ1) is 17.7. The zero-order valence-electron chi connectivity index (χ0n) is 21.3. The normalized spacial score (nSPS) is 16.3. The van der Waals surface area contributed by atoms with Gasteiger partial charge in [-0.25, -0.2) is 9.18 Å². The zero-order valence-corrected chi connectivity index (χ0v) is 21.3. The van der Waals surface area contributed by atoms with E-state index < -0.39 is 17.7 Å². The maximum Gasteiger partial charge on any atom is 0.408 e.